The molecular weight excluding hydrogens is 170 g/mol. The fourth-order valence-electron chi connectivity index (χ4n) is 0.535. The zero-order chi connectivity index (χ0) is 8.91. The van der Waals surface area contributed by atoms with E-state index in [4.69, 9.17) is 0 Å². The molecule has 12 heavy (non-hydrogen) atoms. The van der Waals surface area contributed by atoms with Gasteiger partial charge < -0.3 is 4.48 Å². The summed E-state index contributed by atoms with van der Waals surface area (Å²) in [6, 6.07) is 0. The van der Waals surface area contributed by atoms with E-state index in [9.17, 15) is 4.79 Å². The first-order chi connectivity index (χ1) is 4.95. The summed E-state index contributed by atoms with van der Waals surface area (Å²) in [5.74, 6) is 0.941. The van der Waals surface area contributed by atoms with E-state index in [0.29, 0.717) is 11.5 Å². The minimum absolute atomic E-state index is 0. The maximum atomic E-state index is 10.9. The van der Waals surface area contributed by atoms with Gasteiger partial charge in [-0.3, -0.25) is 4.79 Å². The second-order valence-corrected chi connectivity index (χ2v) is 4.74. The quantitative estimate of drug-likeness (QED) is 0.634. The molecule has 0 rings (SSSR count). The molecule has 0 N–H and O–H groups in total. The van der Waals surface area contributed by atoms with Gasteiger partial charge in [-0.2, -0.15) is 0 Å². The zero-order valence-electron chi connectivity index (χ0n) is 7.89. The van der Waals surface area contributed by atoms with E-state index in [1.165, 1.54) is 11.8 Å². The van der Waals surface area contributed by atoms with Crippen molar-refractivity contribution in [2.45, 2.75) is 20.8 Å². The average molecular weight is 192 g/mol. The molecule has 0 amide bonds. The van der Waals surface area contributed by atoms with Crippen LogP contribution in [0.1, 0.15) is 20.8 Å². The molecule has 0 aromatic rings. The van der Waals surface area contributed by atoms with Crippen LogP contribution in [0.2, 0.25) is 0 Å². The van der Waals surface area contributed by atoms with Gasteiger partial charge in [0.15, 0.2) is 5.12 Å². The molecule has 0 radical (unpaired) electrons. The summed E-state index contributed by atoms with van der Waals surface area (Å²) in [5, 5.41) is 0.304. The summed E-state index contributed by atoms with van der Waals surface area (Å²) in [5.41, 5.74) is 0. The van der Waals surface area contributed by atoms with Crippen LogP contribution in [-0.2, 0) is 4.79 Å². The fraction of sp³-hybridized carbons (Fsp3) is 0.889. The van der Waals surface area contributed by atoms with Crippen LogP contribution in [-0.4, -0.2) is 43.0 Å². The molecule has 74 valence electrons. The molecule has 0 atom stereocenters. The van der Waals surface area contributed by atoms with Gasteiger partial charge in [-0.1, -0.05) is 26.1 Å². The van der Waals surface area contributed by atoms with Crippen molar-refractivity contribution >= 4 is 16.9 Å². The molecule has 3 heteroatoms. The van der Waals surface area contributed by atoms with Crippen LogP contribution in [0.3, 0.4) is 0 Å². The van der Waals surface area contributed by atoms with Gasteiger partial charge in [0.25, 0.3) is 0 Å². The number of hydrogen-bond donors (Lipinski definition) is 0. The average Bonchev–Trinajstić information content (AvgIpc) is 1.85. The Morgan fingerprint density at radius 2 is 1.83 bits per heavy atom. The highest BCUT2D eigenvalue weighted by Crippen LogP contribution is 2.05. The third kappa shape index (κ3) is 9.98. The van der Waals surface area contributed by atoms with E-state index in [1.54, 1.807) is 0 Å². The Kier molecular flexibility index (Phi) is 7.84. The first-order valence-corrected chi connectivity index (χ1v) is 4.90. The predicted octanol–water partition coefficient (Wildman–Crippen LogP) is 2.00. The lowest BCUT2D eigenvalue weighted by atomic mass is 10.6. The smallest absolute Gasteiger partial charge is 0.188 e. The van der Waals surface area contributed by atoms with Crippen LogP contribution < -0.4 is 0 Å². The Bertz CT molecular complexity index is 129. The van der Waals surface area contributed by atoms with Gasteiger partial charge in [0.05, 0.1) is 33.4 Å². The van der Waals surface area contributed by atoms with Gasteiger partial charge in [-0.05, 0) is 0 Å². The molecule has 0 aromatic carbocycles. The van der Waals surface area contributed by atoms with E-state index in [1.807, 2.05) is 6.92 Å². The Labute approximate surface area is 80.9 Å². The molecule has 0 heterocycles. The van der Waals surface area contributed by atoms with Crippen LogP contribution in [0.15, 0.2) is 0 Å². The summed E-state index contributed by atoms with van der Waals surface area (Å²) in [7, 11) is 6.41. The summed E-state index contributed by atoms with van der Waals surface area (Å²) in [6.45, 7) is 2.96. The predicted molar refractivity (Wildman–Crippen MR) is 57.4 cm³/mol. The lowest BCUT2D eigenvalue weighted by molar-refractivity contribution is -0.867. The molecular formula is C9H22NOS+. The molecule has 0 saturated carbocycles. The Balaban J connectivity index is 0. The molecule has 0 aliphatic heterocycles. The number of hydrogen-bond acceptors (Lipinski definition) is 2. The standard InChI is InChI=1S/C8H18NOS.CH4/c1-5-8(10)11-7-6-9(2,3)4;/h5-7H2,1-4H3;1H4/q+1;. The topological polar surface area (TPSA) is 17.1 Å². The van der Waals surface area contributed by atoms with Crippen molar-refractivity contribution in [2.75, 3.05) is 33.4 Å². The van der Waals surface area contributed by atoms with Crippen LogP contribution in [0, 0.1) is 0 Å². The zero-order valence-corrected chi connectivity index (χ0v) is 8.70. The monoisotopic (exact) mass is 192 g/mol. The van der Waals surface area contributed by atoms with Gasteiger partial charge >= 0.3 is 0 Å². The molecule has 0 aliphatic rings. The second kappa shape index (κ2) is 6.49. The molecule has 0 spiro atoms. The second-order valence-electron chi connectivity index (χ2n) is 3.59. The van der Waals surface area contributed by atoms with E-state index < -0.39 is 0 Å². The molecule has 0 bridgehead atoms. The number of nitrogens with zero attached hydrogens (tertiary/aromatic N) is 1. The first kappa shape index (κ1) is 14.5. The summed E-state index contributed by atoms with van der Waals surface area (Å²) in [6.07, 6.45) is 0.655. The Morgan fingerprint density at radius 1 is 1.33 bits per heavy atom. The maximum absolute atomic E-state index is 10.9. The van der Waals surface area contributed by atoms with Crippen molar-refractivity contribution in [3.8, 4) is 0 Å². The summed E-state index contributed by atoms with van der Waals surface area (Å²) in [4.78, 5) is 10.9. The van der Waals surface area contributed by atoms with Crippen molar-refractivity contribution < 1.29 is 9.28 Å². The van der Waals surface area contributed by atoms with Crippen molar-refractivity contribution in [1.82, 2.24) is 0 Å². The summed E-state index contributed by atoms with van der Waals surface area (Å²) < 4.78 is 0.935. The minimum atomic E-state index is 0. The normalized spacial score (nSPS) is 10.7. The maximum Gasteiger partial charge on any atom is 0.188 e. The molecule has 2 nitrogen and oxygen atoms in total. The highest BCUT2D eigenvalue weighted by Gasteiger charge is 2.07. The third-order valence-electron chi connectivity index (χ3n) is 1.31. The van der Waals surface area contributed by atoms with Crippen molar-refractivity contribution in [3.05, 3.63) is 0 Å². The number of carbonyl (C=O) groups is 1. The molecule has 0 aromatic heterocycles. The number of carbonyl (C=O) groups excluding carboxylic acids is 1. The van der Waals surface area contributed by atoms with Gasteiger partial charge in [0.2, 0.25) is 0 Å². The lowest BCUT2D eigenvalue weighted by Gasteiger charge is -2.23. The summed E-state index contributed by atoms with van der Waals surface area (Å²) >= 11 is 1.45. The molecule has 0 unspecified atom stereocenters. The van der Waals surface area contributed by atoms with Crippen LogP contribution in [0.5, 0.6) is 0 Å². The highest BCUT2D eigenvalue weighted by molar-refractivity contribution is 8.13. The molecule has 0 fully saturated rings. The van der Waals surface area contributed by atoms with Gasteiger partial charge in [0.1, 0.15) is 0 Å². The molecule has 0 saturated heterocycles. The Hall–Kier alpha value is -0.0200. The van der Waals surface area contributed by atoms with Crippen molar-refractivity contribution in [2.24, 2.45) is 0 Å². The highest BCUT2D eigenvalue weighted by atomic mass is 32.2. The Morgan fingerprint density at radius 3 is 2.17 bits per heavy atom. The van der Waals surface area contributed by atoms with E-state index in [-0.39, 0.29) is 7.43 Å². The van der Waals surface area contributed by atoms with Gasteiger partial charge in [-0.15, -0.1) is 0 Å². The number of rotatable bonds is 4. The lowest BCUT2D eigenvalue weighted by Crippen LogP contribution is -2.36. The van der Waals surface area contributed by atoms with Crippen molar-refractivity contribution in [3.63, 3.8) is 0 Å². The van der Waals surface area contributed by atoms with E-state index in [0.717, 1.165) is 16.8 Å². The largest absolute Gasteiger partial charge is 0.330 e. The third-order valence-corrected chi connectivity index (χ3v) is 2.31. The number of thioether (sulfide) groups is 1. The number of quaternary nitrogens is 1. The van der Waals surface area contributed by atoms with Crippen LogP contribution in [0.4, 0.5) is 0 Å². The van der Waals surface area contributed by atoms with Gasteiger partial charge in [-0.25, -0.2) is 0 Å². The molecule has 0 aliphatic carbocycles. The van der Waals surface area contributed by atoms with Crippen molar-refractivity contribution in [1.29, 1.82) is 0 Å². The van der Waals surface area contributed by atoms with E-state index >= 15 is 0 Å². The SMILES string of the molecule is C.CCC(=O)SCC[N+](C)(C)C. The first-order valence-electron chi connectivity index (χ1n) is 3.92. The fourth-order valence-corrected chi connectivity index (χ4v) is 1.61. The minimum Gasteiger partial charge on any atom is -0.330 e. The van der Waals surface area contributed by atoms with Crippen LogP contribution >= 0.6 is 11.8 Å². The van der Waals surface area contributed by atoms with Gasteiger partial charge in [0, 0.05) is 6.42 Å². The van der Waals surface area contributed by atoms with Crippen LogP contribution in [0.25, 0.3) is 0 Å². The van der Waals surface area contributed by atoms with E-state index in [2.05, 4.69) is 21.1 Å².